The van der Waals surface area contributed by atoms with Gasteiger partial charge < -0.3 is 10.2 Å². The maximum absolute atomic E-state index is 14.3. The molecule has 0 aromatic heterocycles. The van der Waals surface area contributed by atoms with Crippen molar-refractivity contribution in [2.45, 2.75) is 38.8 Å². The van der Waals surface area contributed by atoms with Crippen molar-refractivity contribution in [3.05, 3.63) is 113 Å². The summed E-state index contributed by atoms with van der Waals surface area (Å²) in [5.41, 5.74) is 2.13. The SMILES string of the molecule is CCCCNC(=O)[C@@H](Cc1ccccc1)N(Cc1cccc(Br)c1)C(=O)CN(c1cccc2ccccc12)S(C)(=O)=O. The zero-order valence-corrected chi connectivity index (χ0v) is 26.3. The number of nitrogens with one attached hydrogen (secondary N) is 1. The lowest BCUT2D eigenvalue weighted by atomic mass is 10.0. The summed E-state index contributed by atoms with van der Waals surface area (Å²) in [4.78, 5) is 29.5. The number of amides is 2. The van der Waals surface area contributed by atoms with Crippen LogP contribution in [0.4, 0.5) is 5.69 Å². The van der Waals surface area contributed by atoms with Crippen molar-refractivity contribution in [1.82, 2.24) is 10.2 Å². The Labute approximate surface area is 256 Å². The number of fused-ring (bicyclic) bond motifs is 1. The summed E-state index contributed by atoms with van der Waals surface area (Å²) in [7, 11) is -3.86. The largest absolute Gasteiger partial charge is 0.354 e. The molecule has 4 aromatic carbocycles. The number of carbonyl (C=O) groups is 2. The van der Waals surface area contributed by atoms with Crippen LogP contribution >= 0.6 is 15.9 Å². The second-order valence-corrected chi connectivity index (χ2v) is 13.1. The molecule has 2 amide bonds. The topological polar surface area (TPSA) is 86.8 Å². The van der Waals surface area contributed by atoms with Gasteiger partial charge in [0.15, 0.2) is 0 Å². The minimum atomic E-state index is -3.86. The van der Waals surface area contributed by atoms with Gasteiger partial charge in [-0.3, -0.25) is 13.9 Å². The number of nitrogens with zero attached hydrogens (tertiary/aromatic N) is 2. The Morgan fingerprint density at radius 3 is 2.26 bits per heavy atom. The maximum Gasteiger partial charge on any atom is 0.244 e. The highest BCUT2D eigenvalue weighted by Crippen LogP contribution is 2.29. The lowest BCUT2D eigenvalue weighted by molar-refractivity contribution is -0.140. The fourth-order valence-electron chi connectivity index (χ4n) is 4.91. The first-order valence-corrected chi connectivity index (χ1v) is 16.6. The van der Waals surface area contributed by atoms with Crippen LogP contribution in [0.2, 0.25) is 0 Å². The minimum Gasteiger partial charge on any atom is -0.354 e. The fourth-order valence-corrected chi connectivity index (χ4v) is 6.22. The molecule has 0 radical (unpaired) electrons. The number of rotatable bonds is 13. The van der Waals surface area contributed by atoms with Crippen molar-refractivity contribution >= 4 is 54.2 Å². The highest BCUT2D eigenvalue weighted by molar-refractivity contribution is 9.10. The Hall–Kier alpha value is -3.69. The van der Waals surface area contributed by atoms with Gasteiger partial charge in [0.05, 0.1) is 11.9 Å². The van der Waals surface area contributed by atoms with E-state index < -0.39 is 28.5 Å². The van der Waals surface area contributed by atoms with Crippen molar-refractivity contribution in [2.75, 3.05) is 23.7 Å². The standard InChI is InChI=1S/C33H36BrN3O4S/c1-3-4-20-35-33(39)31(22-25-12-6-5-7-13-25)36(23-26-14-10-17-28(34)21-26)32(38)24-37(42(2,40)41)30-19-11-16-27-15-8-9-18-29(27)30/h5-19,21,31H,3-4,20,22-24H2,1-2H3,(H,35,39)/t31-/m1/s1. The summed E-state index contributed by atoms with van der Waals surface area (Å²) in [5, 5.41) is 4.58. The first-order chi connectivity index (χ1) is 20.2. The molecule has 9 heteroatoms. The van der Waals surface area contributed by atoms with E-state index in [-0.39, 0.29) is 18.9 Å². The van der Waals surface area contributed by atoms with E-state index in [9.17, 15) is 18.0 Å². The monoisotopic (exact) mass is 649 g/mol. The molecule has 4 rings (SSSR count). The highest BCUT2D eigenvalue weighted by Gasteiger charge is 2.33. The molecular formula is C33H36BrN3O4S. The lowest BCUT2D eigenvalue weighted by Crippen LogP contribution is -2.53. The molecule has 7 nitrogen and oxygen atoms in total. The zero-order valence-electron chi connectivity index (χ0n) is 23.9. The molecular weight excluding hydrogens is 614 g/mol. The van der Waals surface area contributed by atoms with Crippen LogP contribution in [0, 0.1) is 0 Å². The van der Waals surface area contributed by atoms with Crippen LogP contribution in [0.5, 0.6) is 0 Å². The van der Waals surface area contributed by atoms with Gasteiger partial charge in [-0.1, -0.05) is 108 Å². The van der Waals surface area contributed by atoms with Crippen LogP contribution in [-0.2, 0) is 32.6 Å². The number of hydrogen-bond acceptors (Lipinski definition) is 4. The van der Waals surface area contributed by atoms with Gasteiger partial charge in [0.25, 0.3) is 0 Å². The molecule has 0 aliphatic carbocycles. The van der Waals surface area contributed by atoms with E-state index in [0.717, 1.165) is 49.8 Å². The van der Waals surface area contributed by atoms with Crippen molar-refractivity contribution in [3.63, 3.8) is 0 Å². The van der Waals surface area contributed by atoms with E-state index in [4.69, 9.17) is 0 Å². The molecule has 0 fully saturated rings. The summed E-state index contributed by atoms with van der Waals surface area (Å²) < 4.78 is 28.3. The zero-order chi connectivity index (χ0) is 30.1. The van der Waals surface area contributed by atoms with Gasteiger partial charge in [0.2, 0.25) is 21.8 Å². The predicted octanol–water partition coefficient (Wildman–Crippen LogP) is 5.92. The third-order valence-electron chi connectivity index (χ3n) is 7.06. The number of hydrogen-bond donors (Lipinski definition) is 1. The van der Waals surface area contributed by atoms with Crippen LogP contribution in [0.25, 0.3) is 10.8 Å². The molecule has 0 aliphatic heterocycles. The molecule has 0 unspecified atom stereocenters. The highest BCUT2D eigenvalue weighted by atomic mass is 79.9. The van der Waals surface area contributed by atoms with E-state index in [1.54, 1.807) is 12.1 Å². The number of sulfonamides is 1. The number of carbonyl (C=O) groups excluding carboxylic acids is 2. The predicted molar refractivity (Wildman–Crippen MR) is 173 cm³/mol. The van der Waals surface area contributed by atoms with Crippen LogP contribution in [0.3, 0.4) is 0 Å². The molecule has 0 saturated carbocycles. The lowest BCUT2D eigenvalue weighted by Gasteiger charge is -2.33. The van der Waals surface area contributed by atoms with Crippen molar-refractivity contribution in [2.24, 2.45) is 0 Å². The van der Waals surface area contributed by atoms with Crippen molar-refractivity contribution in [3.8, 4) is 0 Å². The molecule has 1 N–H and O–H groups in total. The second kappa shape index (κ2) is 14.5. The molecule has 0 spiro atoms. The maximum atomic E-state index is 14.3. The Bertz CT molecular complexity index is 1620. The molecule has 0 heterocycles. The molecule has 0 aliphatic rings. The third-order valence-corrected chi connectivity index (χ3v) is 8.68. The third kappa shape index (κ3) is 8.20. The van der Waals surface area contributed by atoms with Crippen LogP contribution < -0.4 is 9.62 Å². The van der Waals surface area contributed by atoms with Crippen molar-refractivity contribution < 1.29 is 18.0 Å². The smallest absolute Gasteiger partial charge is 0.244 e. The van der Waals surface area contributed by atoms with Gasteiger partial charge in [-0.05, 0) is 41.1 Å². The Morgan fingerprint density at radius 1 is 0.881 bits per heavy atom. The normalized spacial score (nSPS) is 12.1. The average molecular weight is 651 g/mol. The molecule has 42 heavy (non-hydrogen) atoms. The summed E-state index contributed by atoms with van der Waals surface area (Å²) in [6.07, 6.45) is 3.11. The number of anilines is 1. The summed E-state index contributed by atoms with van der Waals surface area (Å²) in [6, 6.07) is 29.1. The van der Waals surface area contributed by atoms with Gasteiger partial charge in [0.1, 0.15) is 12.6 Å². The quantitative estimate of drug-likeness (QED) is 0.182. The Kier molecular flexibility index (Phi) is 10.8. The van der Waals surface area contributed by atoms with Crippen LogP contribution in [-0.4, -0.2) is 50.5 Å². The Morgan fingerprint density at radius 2 is 1.55 bits per heavy atom. The van der Waals surface area contributed by atoms with E-state index in [0.29, 0.717) is 12.2 Å². The Balaban J connectivity index is 1.76. The first kappa shape index (κ1) is 31.3. The van der Waals surface area contributed by atoms with E-state index >= 15 is 0 Å². The van der Waals surface area contributed by atoms with Gasteiger partial charge in [0, 0.05) is 29.4 Å². The van der Waals surface area contributed by atoms with Crippen LogP contribution in [0.15, 0.2) is 102 Å². The summed E-state index contributed by atoms with van der Waals surface area (Å²) in [6.45, 7) is 2.22. The first-order valence-electron chi connectivity index (χ1n) is 14.0. The number of benzene rings is 4. The van der Waals surface area contributed by atoms with E-state index in [1.165, 1.54) is 4.90 Å². The molecule has 220 valence electrons. The van der Waals surface area contributed by atoms with Gasteiger partial charge >= 0.3 is 0 Å². The van der Waals surface area contributed by atoms with Crippen molar-refractivity contribution in [1.29, 1.82) is 0 Å². The fraction of sp³-hybridized carbons (Fsp3) is 0.273. The molecule has 4 aromatic rings. The van der Waals surface area contributed by atoms with Gasteiger partial charge in [-0.25, -0.2) is 8.42 Å². The molecule has 0 bridgehead atoms. The van der Waals surface area contributed by atoms with Gasteiger partial charge in [-0.2, -0.15) is 0 Å². The van der Waals surface area contributed by atoms with Gasteiger partial charge in [-0.15, -0.1) is 0 Å². The number of unbranched alkanes of at least 4 members (excludes halogenated alkanes) is 1. The number of halogens is 1. The summed E-state index contributed by atoms with van der Waals surface area (Å²) >= 11 is 3.50. The van der Waals surface area contributed by atoms with Crippen LogP contribution in [0.1, 0.15) is 30.9 Å². The van der Waals surface area contributed by atoms with E-state index in [1.807, 2.05) is 91.9 Å². The average Bonchev–Trinajstić information content (AvgIpc) is 2.97. The minimum absolute atomic E-state index is 0.129. The second-order valence-electron chi connectivity index (χ2n) is 10.3. The van der Waals surface area contributed by atoms with E-state index in [2.05, 4.69) is 21.2 Å². The molecule has 1 atom stereocenters. The molecule has 0 saturated heterocycles. The summed E-state index contributed by atoms with van der Waals surface area (Å²) in [5.74, 6) is -0.744.